The van der Waals surface area contributed by atoms with Gasteiger partial charge in [0.05, 0.1) is 13.2 Å². The van der Waals surface area contributed by atoms with Gasteiger partial charge in [-0.1, -0.05) is 12.8 Å². The van der Waals surface area contributed by atoms with Crippen LogP contribution >= 0.6 is 11.8 Å². The van der Waals surface area contributed by atoms with Crippen molar-refractivity contribution in [3.05, 3.63) is 0 Å². The summed E-state index contributed by atoms with van der Waals surface area (Å²) in [6.45, 7) is 2.50. The second kappa shape index (κ2) is 7.95. The zero-order chi connectivity index (χ0) is 12.6. The van der Waals surface area contributed by atoms with Gasteiger partial charge in [0.1, 0.15) is 0 Å². The number of ether oxygens (including phenoxy) is 1. The Morgan fingerprint density at radius 2 is 2.12 bits per heavy atom. The van der Waals surface area contributed by atoms with Crippen LogP contribution in [0.4, 0.5) is 0 Å². The van der Waals surface area contributed by atoms with Crippen LogP contribution in [0.25, 0.3) is 0 Å². The van der Waals surface area contributed by atoms with Gasteiger partial charge in [-0.3, -0.25) is 4.79 Å². The number of amides is 1. The van der Waals surface area contributed by atoms with Gasteiger partial charge in [0, 0.05) is 24.9 Å². The third-order valence-electron chi connectivity index (χ3n) is 3.31. The molecule has 1 aliphatic rings. The highest BCUT2D eigenvalue weighted by Crippen LogP contribution is 2.39. The largest absolute Gasteiger partial charge is 0.383 e. The molecular formula is C12H24N2O2S. The maximum atomic E-state index is 11.4. The lowest BCUT2D eigenvalue weighted by atomic mass is 10.1. The molecule has 4 nitrogen and oxygen atoms in total. The highest BCUT2D eigenvalue weighted by atomic mass is 32.2. The molecule has 0 spiro atoms. The van der Waals surface area contributed by atoms with Crippen molar-refractivity contribution in [1.82, 2.24) is 10.6 Å². The second-order valence-electron chi connectivity index (χ2n) is 4.54. The van der Waals surface area contributed by atoms with Crippen LogP contribution in [-0.4, -0.2) is 50.3 Å². The van der Waals surface area contributed by atoms with Crippen LogP contribution < -0.4 is 10.6 Å². The molecule has 100 valence electrons. The molecule has 1 fully saturated rings. The Labute approximate surface area is 108 Å². The lowest BCUT2D eigenvalue weighted by molar-refractivity contribution is -0.120. The summed E-state index contributed by atoms with van der Waals surface area (Å²) < 4.78 is 5.24. The molecule has 0 saturated heterocycles. The van der Waals surface area contributed by atoms with Crippen LogP contribution in [0.15, 0.2) is 0 Å². The van der Waals surface area contributed by atoms with E-state index < -0.39 is 0 Å². The number of nitrogens with one attached hydrogen (secondary N) is 2. The summed E-state index contributed by atoms with van der Waals surface area (Å²) in [4.78, 5) is 11.4. The van der Waals surface area contributed by atoms with Gasteiger partial charge in [0.2, 0.25) is 5.91 Å². The molecule has 0 bridgehead atoms. The maximum absolute atomic E-state index is 11.4. The van der Waals surface area contributed by atoms with Crippen molar-refractivity contribution in [1.29, 1.82) is 0 Å². The Morgan fingerprint density at radius 3 is 2.71 bits per heavy atom. The van der Waals surface area contributed by atoms with E-state index in [1.54, 1.807) is 7.11 Å². The number of carbonyl (C=O) groups is 1. The van der Waals surface area contributed by atoms with E-state index in [1.165, 1.54) is 25.7 Å². The topological polar surface area (TPSA) is 50.4 Å². The first-order valence-corrected chi connectivity index (χ1v) is 7.46. The molecule has 0 aromatic carbocycles. The fraction of sp³-hybridized carbons (Fsp3) is 0.917. The minimum Gasteiger partial charge on any atom is -0.383 e. The molecule has 0 aromatic heterocycles. The highest BCUT2D eigenvalue weighted by Gasteiger charge is 2.32. The van der Waals surface area contributed by atoms with E-state index in [-0.39, 0.29) is 5.91 Å². The van der Waals surface area contributed by atoms with Crippen molar-refractivity contribution in [3.8, 4) is 0 Å². The standard InChI is InChI=1S/C12H24N2O2S/c1-16-8-7-14-11(15)9-13-10-12(17-2)5-3-4-6-12/h13H,3-10H2,1-2H3,(H,14,15). The van der Waals surface area contributed by atoms with Crippen LogP contribution in [0.1, 0.15) is 25.7 Å². The van der Waals surface area contributed by atoms with Crippen LogP contribution in [0.2, 0.25) is 0 Å². The Morgan fingerprint density at radius 1 is 1.41 bits per heavy atom. The summed E-state index contributed by atoms with van der Waals surface area (Å²) in [5.74, 6) is 0.0521. The average molecular weight is 260 g/mol. The third kappa shape index (κ3) is 5.27. The van der Waals surface area contributed by atoms with Gasteiger partial charge < -0.3 is 15.4 Å². The SMILES string of the molecule is COCCNC(=O)CNCC1(SC)CCCC1. The Kier molecular flexibility index (Phi) is 6.92. The molecule has 1 saturated carbocycles. The first kappa shape index (κ1) is 14.8. The van der Waals surface area contributed by atoms with Crippen molar-refractivity contribution in [2.75, 3.05) is 39.6 Å². The number of hydrogen-bond donors (Lipinski definition) is 2. The molecule has 0 aromatic rings. The molecule has 5 heteroatoms. The van der Waals surface area contributed by atoms with Gasteiger partial charge in [-0.25, -0.2) is 0 Å². The molecule has 1 amide bonds. The van der Waals surface area contributed by atoms with E-state index in [1.807, 2.05) is 11.8 Å². The summed E-state index contributed by atoms with van der Waals surface area (Å²) in [6, 6.07) is 0. The molecule has 0 heterocycles. The molecule has 0 aliphatic heterocycles. The zero-order valence-electron chi connectivity index (χ0n) is 10.9. The van der Waals surface area contributed by atoms with E-state index in [0.29, 0.717) is 24.4 Å². The monoisotopic (exact) mass is 260 g/mol. The Bertz CT molecular complexity index is 231. The fourth-order valence-corrected chi connectivity index (χ4v) is 3.17. The van der Waals surface area contributed by atoms with Gasteiger partial charge in [-0.2, -0.15) is 11.8 Å². The molecule has 0 radical (unpaired) electrons. The average Bonchev–Trinajstić information content (AvgIpc) is 2.79. The van der Waals surface area contributed by atoms with Crippen LogP contribution in [-0.2, 0) is 9.53 Å². The van der Waals surface area contributed by atoms with E-state index in [2.05, 4.69) is 16.9 Å². The second-order valence-corrected chi connectivity index (χ2v) is 5.81. The molecule has 0 unspecified atom stereocenters. The summed E-state index contributed by atoms with van der Waals surface area (Å²) in [7, 11) is 1.63. The minimum atomic E-state index is 0.0521. The van der Waals surface area contributed by atoms with E-state index in [0.717, 1.165) is 6.54 Å². The first-order chi connectivity index (χ1) is 8.22. The molecule has 1 rings (SSSR count). The summed E-state index contributed by atoms with van der Waals surface area (Å²) in [6.07, 6.45) is 7.36. The number of rotatable bonds is 8. The van der Waals surface area contributed by atoms with Gasteiger partial charge in [-0.05, 0) is 19.1 Å². The smallest absolute Gasteiger partial charge is 0.234 e. The van der Waals surface area contributed by atoms with Gasteiger partial charge in [0.25, 0.3) is 0 Å². The number of carbonyl (C=O) groups excluding carboxylic acids is 1. The van der Waals surface area contributed by atoms with Crippen LogP contribution in [0, 0.1) is 0 Å². The molecule has 1 aliphatic carbocycles. The van der Waals surface area contributed by atoms with Crippen LogP contribution in [0.5, 0.6) is 0 Å². The zero-order valence-corrected chi connectivity index (χ0v) is 11.7. The summed E-state index contributed by atoms with van der Waals surface area (Å²) in [5.41, 5.74) is 0. The maximum Gasteiger partial charge on any atom is 0.234 e. The molecule has 17 heavy (non-hydrogen) atoms. The van der Waals surface area contributed by atoms with E-state index in [4.69, 9.17) is 4.74 Å². The lowest BCUT2D eigenvalue weighted by Crippen LogP contribution is -2.41. The van der Waals surface area contributed by atoms with Crippen molar-refractivity contribution < 1.29 is 9.53 Å². The highest BCUT2D eigenvalue weighted by molar-refractivity contribution is 8.00. The van der Waals surface area contributed by atoms with Crippen molar-refractivity contribution in [3.63, 3.8) is 0 Å². The first-order valence-electron chi connectivity index (χ1n) is 6.24. The Hall–Kier alpha value is -0.260. The Balaban J connectivity index is 2.11. The van der Waals surface area contributed by atoms with Crippen molar-refractivity contribution in [2.24, 2.45) is 0 Å². The predicted molar refractivity (Wildman–Crippen MR) is 72.5 cm³/mol. The fourth-order valence-electron chi connectivity index (χ4n) is 2.23. The lowest BCUT2D eigenvalue weighted by Gasteiger charge is -2.26. The van der Waals surface area contributed by atoms with Crippen molar-refractivity contribution in [2.45, 2.75) is 30.4 Å². The minimum absolute atomic E-state index is 0.0521. The molecule has 2 N–H and O–H groups in total. The van der Waals surface area contributed by atoms with E-state index in [9.17, 15) is 4.79 Å². The summed E-state index contributed by atoms with van der Waals surface area (Å²) in [5, 5.41) is 6.08. The normalized spacial score (nSPS) is 18.2. The molecule has 0 atom stereocenters. The van der Waals surface area contributed by atoms with E-state index >= 15 is 0 Å². The number of hydrogen-bond acceptors (Lipinski definition) is 4. The number of thioether (sulfide) groups is 1. The third-order valence-corrected chi connectivity index (χ3v) is 4.73. The number of methoxy groups -OCH3 is 1. The van der Waals surface area contributed by atoms with Crippen molar-refractivity contribution >= 4 is 17.7 Å². The van der Waals surface area contributed by atoms with Gasteiger partial charge in [-0.15, -0.1) is 0 Å². The van der Waals surface area contributed by atoms with Gasteiger partial charge >= 0.3 is 0 Å². The quantitative estimate of drug-likeness (QED) is 0.640. The van der Waals surface area contributed by atoms with Gasteiger partial charge in [0.15, 0.2) is 0 Å². The predicted octanol–water partition coefficient (Wildman–Crippen LogP) is 1.01. The summed E-state index contributed by atoms with van der Waals surface area (Å²) >= 11 is 1.94. The van der Waals surface area contributed by atoms with Crippen LogP contribution in [0.3, 0.4) is 0 Å². The molecular weight excluding hydrogens is 236 g/mol.